The van der Waals surface area contributed by atoms with Gasteiger partial charge in [0.05, 0.1) is 13.2 Å². The van der Waals surface area contributed by atoms with Crippen LogP contribution in [0.15, 0.2) is 11.8 Å². The van der Waals surface area contributed by atoms with Crippen molar-refractivity contribution in [2.75, 3.05) is 32.8 Å². The lowest BCUT2D eigenvalue weighted by molar-refractivity contribution is -0.130. The summed E-state index contributed by atoms with van der Waals surface area (Å²) in [5.41, 5.74) is 0.167. The van der Waals surface area contributed by atoms with Gasteiger partial charge in [-0.05, 0) is 12.3 Å². The number of hydrogen-bond acceptors (Lipinski definition) is 4. The number of nitrogens with zero attached hydrogens (tertiary/aromatic N) is 2. The highest BCUT2D eigenvalue weighted by Crippen LogP contribution is 2.04. The van der Waals surface area contributed by atoms with E-state index < -0.39 is 0 Å². The Bertz CT molecular complexity index is 339. The molecule has 1 rings (SSSR count). The Morgan fingerprint density at radius 3 is 2.72 bits per heavy atom. The zero-order valence-corrected chi connectivity index (χ0v) is 11.1. The van der Waals surface area contributed by atoms with E-state index in [2.05, 4.69) is 19.2 Å². The minimum atomic E-state index is -0.210. The van der Waals surface area contributed by atoms with Gasteiger partial charge in [0.25, 0.3) is 5.91 Å². The van der Waals surface area contributed by atoms with Crippen molar-refractivity contribution in [1.82, 2.24) is 10.2 Å². The zero-order valence-electron chi connectivity index (χ0n) is 11.1. The molecule has 0 aliphatic carbocycles. The van der Waals surface area contributed by atoms with Crippen LogP contribution in [-0.4, -0.2) is 43.7 Å². The molecule has 1 aliphatic heterocycles. The van der Waals surface area contributed by atoms with Crippen LogP contribution in [0.1, 0.15) is 20.3 Å². The minimum Gasteiger partial charge on any atom is -0.390 e. The number of nitrogens with one attached hydrogen (secondary N) is 1. The number of amides is 1. The first-order valence-electron chi connectivity index (χ1n) is 6.35. The predicted octanol–water partition coefficient (Wildman–Crippen LogP) is 0.888. The second kappa shape index (κ2) is 7.72. The van der Waals surface area contributed by atoms with Gasteiger partial charge in [0.15, 0.2) is 0 Å². The van der Waals surface area contributed by atoms with Crippen molar-refractivity contribution in [1.29, 1.82) is 5.26 Å². The summed E-state index contributed by atoms with van der Waals surface area (Å²) in [5.74, 6) is 0.393. The Labute approximate surface area is 108 Å². The molecule has 0 atom stereocenters. The van der Waals surface area contributed by atoms with Crippen molar-refractivity contribution in [2.45, 2.75) is 20.3 Å². The number of rotatable bonds is 5. The number of morpholine rings is 1. The molecule has 0 spiro atoms. The molecule has 1 heterocycles. The van der Waals surface area contributed by atoms with Crippen LogP contribution in [-0.2, 0) is 9.53 Å². The fourth-order valence-corrected chi connectivity index (χ4v) is 1.62. The molecular weight excluding hydrogens is 230 g/mol. The SMILES string of the molecule is CC(C)CCN/C=C(/C#N)C(=O)N1CCOCC1. The standard InChI is InChI=1S/C13H21N3O2/c1-11(2)3-4-15-10-12(9-14)13(17)16-5-7-18-8-6-16/h10-11,15H,3-8H2,1-2H3/b12-10-. The summed E-state index contributed by atoms with van der Waals surface area (Å²) in [7, 11) is 0. The van der Waals surface area contributed by atoms with Crippen molar-refractivity contribution in [3.05, 3.63) is 11.8 Å². The van der Waals surface area contributed by atoms with E-state index in [4.69, 9.17) is 10.00 Å². The number of nitriles is 1. The Hall–Kier alpha value is -1.54. The van der Waals surface area contributed by atoms with Gasteiger partial charge >= 0.3 is 0 Å². The Morgan fingerprint density at radius 1 is 1.50 bits per heavy atom. The van der Waals surface area contributed by atoms with Crippen LogP contribution in [0.5, 0.6) is 0 Å². The summed E-state index contributed by atoms with van der Waals surface area (Å²) in [4.78, 5) is 13.7. The molecule has 18 heavy (non-hydrogen) atoms. The minimum absolute atomic E-state index is 0.167. The van der Waals surface area contributed by atoms with Crippen LogP contribution in [0.4, 0.5) is 0 Å². The largest absolute Gasteiger partial charge is 0.390 e. The first-order valence-corrected chi connectivity index (χ1v) is 6.35. The van der Waals surface area contributed by atoms with E-state index in [0.717, 1.165) is 13.0 Å². The van der Waals surface area contributed by atoms with E-state index in [1.54, 1.807) is 4.90 Å². The molecule has 0 bridgehead atoms. The fourth-order valence-electron chi connectivity index (χ4n) is 1.62. The van der Waals surface area contributed by atoms with E-state index in [-0.39, 0.29) is 11.5 Å². The monoisotopic (exact) mass is 251 g/mol. The second-order valence-electron chi connectivity index (χ2n) is 4.71. The molecule has 0 aromatic rings. The van der Waals surface area contributed by atoms with Gasteiger partial charge in [0.2, 0.25) is 0 Å². The number of ether oxygens (including phenoxy) is 1. The molecule has 0 aromatic carbocycles. The van der Waals surface area contributed by atoms with E-state index in [1.165, 1.54) is 6.20 Å². The van der Waals surface area contributed by atoms with Gasteiger partial charge in [-0.25, -0.2) is 0 Å². The first kappa shape index (κ1) is 14.5. The molecule has 5 nitrogen and oxygen atoms in total. The fraction of sp³-hybridized carbons (Fsp3) is 0.692. The quantitative estimate of drug-likeness (QED) is 0.448. The highest BCUT2D eigenvalue weighted by atomic mass is 16.5. The van der Waals surface area contributed by atoms with Crippen molar-refractivity contribution < 1.29 is 9.53 Å². The molecule has 1 saturated heterocycles. The van der Waals surface area contributed by atoms with Crippen LogP contribution >= 0.6 is 0 Å². The lowest BCUT2D eigenvalue weighted by Gasteiger charge is -2.26. The maximum atomic E-state index is 12.0. The summed E-state index contributed by atoms with van der Waals surface area (Å²) >= 11 is 0. The summed E-state index contributed by atoms with van der Waals surface area (Å²) in [6.07, 6.45) is 2.54. The maximum absolute atomic E-state index is 12.0. The zero-order chi connectivity index (χ0) is 13.4. The van der Waals surface area contributed by atoms with E-state index in [9.17, 15) is 4.79 Å². The summed E-state index contributed by atoms with van der Waals surface area (Å²) in [6.45, 7) is 7.26. The van der Waals surface area contributed by atoms with Gasteiger partial charge in [0.1, 0.15) is 11.6 Å². The molecule has 100 valence electrons. The summed E-state index contributed by atoms with van der Waals surface area (Å²) in [6, 6.07) is 1.95. The van der Waals surface area contributed by atoms with Crippen LogP contribution in [0.2, 0.25) is 0 Å². The highest BCUT2D eigenvalue weighted by Gasteiger charge is 2.20. The highest BCUT2D eigenvalue weighted by molar-refractivity contribution is 5.97. The third kappa shape index (κ3) is 4.76. The first-order chi connectivity index (χ1) is 8.65. The average molecular weight is 251 g/mol. The van der Waals surface area contributed by atoms with Gasteiger partial charge in [0, 0.05) is 25.8 Å². The van der Waals surface area contributed by atoms with Crippen molar-refractivity contribution >= 4 is 5.91 Å². The molecular formula is C13H21N3O2. The van der Waals surface area contributed by atoms with Crippen molar-refractivity contribution in [2.24, 2.45) is 5.92 Å². The number of carbonyl (C=O) groups excluding carboxylic acids is 1. The number of hydrogen-bond donors (Lipinski definition) is 1. The lowest BCUT2D eigenvalue weighted by Crippen LogP contribution is -2.41. The molecule has 0 radical (unpaired) electrons. The van der Waals surface area contributed by atoms with Crippen LogP contribution in [0, 0.1) is 17.2 Å². The molecule has 0 unspecified atom stereocenters. The Balaban J connectivity index is 2.46. The third-order valence-electron chi connectivity index (χ3n) is 2.76. The number of carbonyl (C=O) groups is 1. The maximum Gasteiger partial charge on any atom is 0.266 e. The molecule has 1 N–H and O–H groups in total. The van der Waals surface area contributed by atoms with Gasteiger partial charge < -0.3 is 15.0 Å². The molecule has 5 heteroatoms. The van der Waals surface area contributed by atoms with Crippen molar-refractivity contribution in [3.8, 4) is 6.07 Å². The third-order valence-corrected chi connectivity index (χ3v) is 2.76. The van der Waals surface area contributed by atoms with Gasteiger partial charge in [-0.2, -0.15) is 5.26 Å². The summed E-state index contributed by atoms with van der Waals surface area (Å²) < 4.78 is 5.18. The average Bonchev–Trinajstić information content (AvgIpc) is 2.39. The van der Waals surface area contributed by atoms with Crippen LogP contribution < -0.4 is 5.32 Å². The molecule has 1 amide bonds. The molecule has 0 aromatic heterocycles. The van der Waals surface area contributed by atoms with E-state index in [1.807, 2.05) is 6.07 Å². The smallest absolute Gasteiger partial charge is 0.266 e. The molecule has 1 aliphatic rings. The molecule has 1 fully saturated rings. The Kier molecular flexibility index (Phi) is 6.23. The van der Waals surface area contributed by atoms with Gasteiger partial charge in [-0.15, -0.1) is 0 Å². The Morgan fingerprint density at radius 2 is 2.17 bits per heavy atom. The molecule has 0 saturated carbocycles. The normalized spacial score (nSPS) is 16.6. The van der Waals surface area contributed by atoms with E-state index >= 15 is 0 Å². The topological polar surface area (TPSA) is 65.4 Å². The van der Waals surface area contributed by atoms with Crippen LogP contribution in [0.25, 0.3) is 0 Å². The van der Waals surface area contributed by atoms with E-state index in [0.29, 0.717) is 32.2 Å². The van der Waals surface area contributed by atoms with Crippen LogP contribution in [0.3, 0.4) is 0 Å². The second-order valence-corrected chi connectivity index (χ2v) is 4.71. The van der Waals surface area contributed by atoms with Gasteiger partial charge in [-0.1, -0.05) is 13.8 Å². The summed E-state index contributed by atoms with van der Waals surface area (Å²) in [5, 5.41) is 12.0. The van der Waals surface area contributed by atoms with Crippen molar-refractivity contribution in [3.63, 3.8) is 0 Å². The van der Waals surface area contributed by atoms with Gasteiger partial charge in [-0.3, -0.25) is 4.79 Å². The predicted molar refractivity (Wildman–Crippen MR) is 68.6 cm³/mol. The lowest BCUT2D eigenvalue weighted by atomic mass is 10.1.